The van der Waals surface area contributed by atoms with Gasteiger partial charge in [0.1, 0.15) is 12.4 Å². The lowest BCUT2D eigenvalue weighted by Gasteiger charge is -2.24. The average molecular weight is 346 g/mol. The topological polar surface area (TPSA) is 62.7 Å². The van der Waals surface area contributed by atoms with Crippen molar-refractivity contribution in [2.45, 2.75) is 32.0 Å². The van der Waals surface area contributed by atoms with Gasteiger partial charge < -0.3 is 14.7 Å². The first-order valence-corrected chi connectivity index (χ1v) is 9.12. The molecule has 1 aromatic carbocycles. The fourth-order valence-corrected chi connectivity index (χ4v) is 3.64. The van der Waals surface area contributed by atoms with Gasteiger partial charge in [0.25, 0.3) is 5.91 Å². The summed E-state index contributed by atoms with van der Waals surface area (Å²) in [6.45, 7) is 0.916. The smallest absolute Gasteiger partial charge is 0.257 e. The van der Waals surface area contributed by atoms with E-state index in [1.54, 1.807) is 29.6 Å². The Kier molecular flexibility index (Phi) is 5.48. The van der Waals surface area contributed by atoms with E-state index in [0.29, 0.717) is 24.5 Å². The van der Waals surface area contributed by atoms with Crippen LogP contribution < -0.4 is 4.74 Å². The van der Waals surface area contributed by atoms with Crippen LogP contribution in [0.1, 0.15) is 35.3 Å². The molecule has 1 fully saturated rings. The zero-order valence-corrected chi connectivity index (χ0v) is 14.5. The van der Waals surface area contributed by atoms with E-state index in [4.69, 9.17) is 4.74 Å². The molecule has 1 saturated carbocycles. The number of aromatic nitrogens is 1. The van der Waals surface area contributed by atoms with Crippen LogP contribution in [0.15, 0.2) is 35.2 Å². The van der Waals surface area contributed by atoms with Gasteiger partial charge in [-0.15, -0.1) is 11.3 Å². The second-order valence-electron chi connectivity index (χ2n) is 6.21. The highest BCUT2D eigenvalue weighted by Crippen LogP contribution is 2.27. The zero-order valence-electron chi connectivity index (χ0n) is 13.7. The van der Waals surface area contributed by atoms with Crippen LogP contribution in [-0.4, -0.2) is 40.6 Å². The number of aliphatic hydroxyl groups is 1. The Morgan fingerprint density at radius 1 is 1.42 bits per heavy atom. The Labute approximate surface area is 145 Å². The number of rotatable bonds is 6. The van der Waals surface area contributed by atoms with Gasteiger partial charge in [-0.25, -0.2) is 4.98 Å². The van der Waals surface area contributed by atoms with Crippen molar-refractivity contribution in [3.8, 4) is 5.75 Å². The van der Waals surface area contributed by atoms with Gasteiger partial charge in [-0.1, -0.05) is 18.6 Å². The van der Waals surface area contributed by atoms with Gasteiger partial charge in [-0.3, -0.25) is 4.79 Å². The predicted octanol–water partition coefficient (Wildman–Crippen LogP) is 2.96. The highest BCUT2D eigenvalue weighted by Gasteiger charge is 2.28. The van der Waals surface area contributed by atoms with Gasteiger partial charge in [0.05, 0.1) is 22.9 Å². The Hall–Kier alpha value is -1.92. The van der Waals surface area contributed by atoms with Crippen molar-refractivity contribution >= 4 is 17.2 Å². The lowest BCUT2D eigenvalue weighted by Crippen LogP contribution is -2.34. The first-order chi connectivity index (χ1) is 11.6. The summed E-state index contributed by atoms with van der Waals surface area (Å²) >= 11 is 1.52. The lowest BCUT2D eigenvalue weighted by atomic mass is 10.0. The molecular formula is C18H22N2O3S. The number of benzene rings is 1. The second kappa shape index (κ2) is 7.77. The van der Waals surface area contributed by atoms with E-state index >= 15 is 0 Å². The van der Waals surface area contributed by atoms with E-state index in [1.807, 2.05) is 17.5 Å². The van der Waals surface area contributed by atoms with Crippen molar-refractivity contribution in [3.05, 3.63) is 46.4 Å². The molecule has 2 aromatic rings. The molecular weight excluding hydrogens is 324 g/mol. The average Bonchev–Trinajstić information content (AvgIpc) is 3.25. The minimum atomic E-state index is -0.295. The van der Waals surface area contributed by atoms with E-state index in [-0.39, 0.29) is 17.9 Å². The molecule has 1 heterocycles. The molecule has 2 atom stereocenters. The molecule has 0 saturated heterocycles. The molecule has 3 rings (SSSR count). The predicted molar refractivity (Wildman–Crippen MR) is 93.2 cm³/mol. The molecule has 0 radical (unpaired) electrons. The van der Waals surface area contributed by atoms with Crippen molar-refractivity contribution in [2.75, 3.05) is 13.6 Å². The van der Waals surface area contributed by atoms with Crippen molar-refractivity contribution in [3.63, 3.8) is 0 Å². The number of carbonyl (C=O) groups is 1. The molecule has 1 amide bonds. The van der Waals surface area contributed by atoms with Crippen LogP contribution in [0.5, 0.6) is 5.75 Å². The van der Waals surface area contributed by atoms with Crippen LogP contribution in [0.25, 0.3) is 0 Å². The maximum atomic E-state index is 12.8. The fraction of sp³-hybridized carbons (Fsp3) is 0.444. The molecule has 0 bridgehead atoms. The standard InChI is InChI=1S/C18H22N2O3S/c1-20(9-13-5-4-7-16(13)21)18(22)15-6-2-3-8-17(15)23-10-14-11-24-12-19-14/h2-3,6,8,11-13,16,21H,4-5,7,9-10H2,1H3. The summed E-state index contributed by atoms with van der Waals surface area (Å²) in [6, 6.07) is 7.27. The van der Waals surface area contributed by atoms with Crippen LogP contribution in [0.3, 0.4) is 0 Å². The molecule has 1 aromatic heterocycles. The molecule has 1 aliphatic carbocycles. The van der Waals surface area contributed by atoms with Crippen molar-refractivity contribution in [1.82, 2.24) is 9.88 Å². The van der Waals surface area contributed by atoms with Gasteiger partial charge in [0, 0.05) is 24.9 Å². The summed E-state index contributed by atoms with van der Waals surface area (Å²) in [5.74, 6) is 0.652. The van der Waals surface area contributed by atoms with Crippen molar-refractivity contribution in [2.24, 2.45) is 5.92 Å². The van der Waals surface area contributed by atoms with Gasteiger partial charge >= 0.3 is 0 Å². The third kappa shape index (κ3) is 3.94. The largest absolute Gasteiger partial charge is 0.486 e. The Morgan fingerprint density at radius 2 is 2.25 bits per heavy atom. The number of ether oxygens (including phenoxy) is 1. The normalized spacial score (nSPS) is 20.1. The summed E-state index contributed by atoms with van der Waals surface area (Å²) in [5, 5.41) is 11.9. The molecule has 128 valence electrons. The molecule has 24 heavy (non-hydrogen) atoms. The van der Waals surface area contributed by atoms with Gasteiger partial charge in [-0.2, -0.15) is 0 Å². The summed E-state index contributed by atoms with van der Waals surface area (Å²) < 4.78 is 5.79. The number of nitrogens with zero attached hydrogens (tertiary/aromatic N) is 2. The molecule has 0 aliphatic heterocycles. The zero-order chi connectivity index (χ0) is 16.9. The summed E-state index contributed by atoms with van der Waals surface area (Å²) in [7, 11) is 1.78. The third-order valence-electron chi connectivity index (χ3n) is 4.45. The molecule has 1 aliphatic rings. The van der Waals surface area contributed by atoms with Crippen molar-refractivity contribution in [1.29, 1.82) is 0 Å². The maximum Gasteiger partial charge on any atom is 0.257 e. The van der Waals surface area contributed by atoms with Gasteiger partial charge in [0.15, 0.2) is 0 Å². The highest BCUT2D eigenvalue weighted by molar-refractivity contribution is 7.07. The Morgan fingerprint density at radius 3 is 2.96 bits per heavy atom. The minimum Gasteiger partial charge on any atom is -0.486 e. The highest BCUT2D eigenvalue weighted by atomic mass is 32.1. The molecule has 5 nitrogen and oxygen atoms in total. The van der Waals surface area contributed by atoms with Crippen LogP contribution in [0.2, 0.25) is 0 Å². The number of aliphatic hydroxyl groups excluding tert-OH is 1. The summed E-state index contributed by atoms with van der Waals surface area (Å²) in [5.41, 5.74) is 3.16. The van der Waals surface area contributed by atoms with E-state index in [0.717, 1.165) is 25.0 Å². The molecule has 6 heteroatoms. The third-order valence-corrected chi connectivity index (χ3v) is 5.09. The first-order valence-electron chi connectivity index (χ1n) is 8.17. The van der Waals surface area contributed by atoms with Gasteiger partial charge in [0.2, 0.25) is 0 Å². The lowest BCUT2D eigenvalue weighted by molar-refractivity contribution is 0.0689. The molecule has 1 N–H and O–H groups in total. The van der Waals surface area contributed by atoms with Crippen LogP contribution >= 0.6 is 11.3 Å². The van der Waals surface area contributed by atoms with E-state index in [9.17, 15) is 9.90 Å². The Bertz CT molecular complexity index is 675. The second-order valence-corrected chi connectivity index (χ2v) is 6.93. The fourth-order valence-electron chi connectivity index (χ4n) is 3.10. The van der Waals surface area contributed by atoms with Crippen LogP contribution in [-0.2, 0) is 6.61 Å². The first kappa shape index (κ1) is 16.9. The number of carbonyl (C=O) groups excluding carboxylic acids is 1. The monoisotopic (exact) mass is 346 g/mol. The summed E-state index contributed by atoms with van der Waals surface area (Å²) in [6.07, 6.45) is 2.54. The Balaban J connectivity index is 1.67. The van der Waals surface area contributed by atoms with Crippen LogP contribution in [0.4, 0.5) is 0 Å². The molecule has 2 unspecified atom stereocenters. The maximum absolute atomic E-state index is 12.8. The number of para-hydroxylation sites is 1. The SMILES string of the molecule is CN(CC1CCCC1O)C(=O)c1ccccc1OCc1cscn1. The van der Waals surface area contributed by atoms with Crippen LogP contribution in [0, 0.1) is 5.92 Å². The van der Waals surface area contributed by atoms with E-state index in [1.165, 1.54) is 11.3 Å². The van der Waals surface area contributed by atoms with E-state index < -0.39 is 0 Å². The number of hydrogen-bond acceptors (Lipinski definition) is 5. The number of amides is 1. The number of hydrogen-bond donors (Lipinski definition) is 1. The quantitative estimate of drug-likeness (QED) is 0.873. The van der Waals surface area contributed by atoms with Gasteiger partial charge in [-0.05, 0) is 25.0 Å². The molecule has 0 spiro atoms. The minimum absolute atomic E-state index is 0.0806. The summed E-state index contributed by atoms with van der Waals surface area (Å²) in [4.78, 5) is 18.6. The van der Waals surface area contributed by atoms with Crippen molar-refractivity contribution < 1.29 is 14.6 Å². The van der Waals surface area contributed by atoms with E-state index in [2.05, 4.69) is 4.98 Å². The number of thiazole rings is 1.